The molecule has 0 fully saturated rings. The van der Waals surface area contributed by atoms with E-state index >= 15 is 0 Å². The van der Waals surface area contributed by atoms with Gasteiger partial charge in [0.25, 0.3) is 0 Å². The van der Waals surface area contributed by atoms with Crippen LogP contribution in [0.15, 0.2) is 23.1 Å². The van der Waals surface area contributed by atoms with Crippen LogP contribution in [0, 0.1) is 10.1 Å². The zero-order chi connectivity index (χ0) is 15.5. The van der Waals surface area contributed by atoms with E-state index in [-0.39, 0.29) is 22.4 Å². The van der Waals surface area contributed by atoms with Crippen LogP contribution >= 0.6 is 11.8 Å². The van der Waals surface area contributed by atoms with E-state index in [1.807, 2.05) is 0 Å². The average molecular weight is 299 g/mol. The number of aliphatic carboxylic acids is 1. The van der Waals surface area contributed by atoms with Gasteiger partial charge < -0.3 is 9.84 Å². The van der Waals surface area contributed by atoms with Crippen LogP contribution in [0.4, 0.5) is 5.69 Å². The number of carbonyl (C=O) groups is 1. The Bertz CT molecular complexity index is 527. The number of nitro groups is 1. The summed E-state index contributed by atoms with van der Waals surface area (Å²) in [6.45, 7) is 6.54. The van der Waals surface area contributed by atoms with E-state index in [1.165, 1.54) is 26.0 Å². The predicted octanol–water partition coefficient (Wildman–Crippen LogP) is 3.34. The smallest absolute Gasteiger partial charge is 0.324 e. The van der Waals surface area contributed by atoms with Crippen LogP contribution < -0.4 is 4.74 Å². The quantitative estimate of drug-likeness (QED) is 0.492. The minimum absolute atomic E-state index is 0.149. The zero-order valence-electron chi connectivity index (χ0n) is 11.7. The third-order valence-electron chi connectivity index (χ3n) is 2.39. The molecule has 0 spiro atoms. The van der Waals surface area contributed by atoms with Crippen LogP contribution in [0.3, 0.4) is 0 Å². The van der Waals surface area contributed by atoms with Gasteiger partial charge in [-0.15, -0.1) is 11.8 Å². The Labute approximate surface area is 121 Å². The van der Waals surface area contributed by atoms with Gasteiger partial charge in [-0.05, 0) is 39.8 Å². The lowest BCUT2D eigenvalue weighted by Crippen LogP contribution is -2.27. The first-order valence-corrected chi connectivity index (χ1v) is 6.83. The Morgan fingerprint density at radius 3 is 2.50 bits per heavy atom. The second-order valence-corrected chi connectivity index (χ2v) is 6.61. The Balaban J connectivity index is 3.26. The molecular weight excluding hydrogens is 282 g/mol. The maximum atomic E-state index is 11.2. The van der Waals surface area contributed by atoms with Crippen molar-refractivity contribution >= 4 is 23.4 Å². The van der Waals surface area contributed by atoms with E-state index in [2.05, 4.69) is 0 Å². The molecule has 6 nitrogen and oxygen atoms in total. The number of carboxylic acids is 1. The summed E-state index contributed by atoms with van der Waals surface area (Å²) in [4.78, 5) is 22.1. The fourth-order valence-corrected chi connectivity index (χ4v) is 2.49. The van der Waals surface area contributed by atoms with Crippen molar-refractivity contribution in [2.75, 3.05) is 0 Å². The summed E-state index contributed by atoms with van der Waals surface area (Å²) in [6.07, 6.45) is -0.207. The monoisotopic (exact) mass is 299 g/mol. The van der Waals surface area contributed by atoms with E-state index in [0.717, 1.165) is 11.8 Å². The molecule has 0 radical (unpaired) electrons. The molecule has 0 saturated heterocycles. The molecular formula is C13H17NO5S. The van der Waals surface area contributed by atoms with Crippen molar-refractivity contribution in [3.8, 4) is 5.75 Å². The van der Waals surface area contributed by atoms with Crippen LogP contribution in [0.2, 0.25) is 0 Å². The molecule has 0 bridgehead atoms. The van der Waals surface area contributed by atoms with Crippen molar-refractivity contribution in [2.45, 2.75) is 43.4 Å². The lowest BCUT2D eigenvalue weighted by Gasteiger charge is -2.19. The normalized spacial score (nSPS) is 11.4. The summed E-state index contributed by atoms with van der Waals surface area (Å²) in [5.74, 6) is -0.886. The third kappa shape index (κ3) is 3.86. The van der Waals surface area contributed by atoms with Gasteiger partial charge in [0.2, 0.25) is 0 Å². The van der Waals surface area contributed by atoms with Crippen LogP contribution in [-0.2, 0) is 4.79 Å². The Morgan fingerprint density at radius 2 is 2.05 bits per heavy atom. The molecule has 20 heavy (non-hydrogen) atoms. The highest BCUT2D eigenvalue weighted by Crippen LogP contribution is 2.42. The van der Waals surface area contributed by atoms with Crippen LogP contribution in [-0.4, -0.2) is 26.9 Å². The summed E-state index contributed by atoms with van der Waals surface area (Å²) in [7, 11) is 0. The number of rotatable bonds is 6. The van der Waals surface area contributed by atoms with E-state index < -0.39 is 15.6 Å². The number of hydrogen-bond acceptors (Lipinski definition) is 5. The Kier molecular flexibility index (Phi) is 4.99. The van der Waals surface area contributed by atoms with Gasteiger partial charge in [0.15, 0.2) is 5.75 Å². The molecule has 0 saturated carbocycles. The van der Waals surface area contributed by atoms with Crippen molar-refractivity contribution in [3.63, 3.8) is 0 Å². The molecule has 1 rings (SSSR count). The molecule has 1 aromatic rings. The average Bonchev–Trinajstić information content (AvgIpc) is 2.26. The van der Waals surface area contributed by atoms with E-state index in [9.17, 15) is 14.9 Å². The highest BCUT2D eigenvalue weighted by atomic mass is 32.2. The zero-order valence-corrected chi connectivity index (χ0v) is 12.6. The highest BCUT2D eigenvalue weighted by molar-refractivity contribution is 8.01. The SMILES string of the molecule is CC(C)Oc1cccc(SC(C)(C)C(=O)O)c1[N+](=O)[O-]. The number of benzene rings is 1. The number of hydrogen-bond donors (Lipinski definition) is 1. The fourth-order valence-electron chi connectivity index (χ4n) is 1.43. The summed E-state index contributed by atoms with van der Waals surface area (Å²) < 4.78 is 4.25. The second-order valence-electron chi connectivity index (χ2n) is 4.94. The summed E-state index contributed by atoms with van der Waals surface area (Å²) in [5.41, 5.74) is -0.194. The van der Waals surface area contributed by atoms with Gasteiger partial charge in [-0.2, -0.15) is 0 Å². The van der Waals surface area contributed by atoms with Gasteiger partial charge in [-0.3, -0.25) is 14.9 Å². The fraction of sp³-hybridized carbons (Fsp3) is 0.462. The van der Waals surface area contributed by atoms with Crippen LogP contribution in [0.5, 0.6) is 5.75 Å². The van der Waals surface area contributed by atoms with E-state index in [4.69, 9.17) is 9.84 Å². The molecule has 7 heteroatoms. The molecule has 0 heterocycles. The van der Waals surface area contributed by atoms with Gasteiger partial charge in [-0.1, -0.05) is 6.07 Å². The van der Waals surface area contributed by atoms with Crippen molar-refractivity contribution in [1.82, 2.24) is 0 Å². The van der Waals surface area contributed by atoms with Crippen molar-refractivity contribution in [1.29, 1.82) is 0 Å². The summed E-state index contributed by atoms with van der Waals surface area (Å²) >= 11 is 0.929. The maximum Gasteiger partial charge on any atom is 0.324 e. The van der Waals surface area contributed by atoms with Gasteiger partial charge in [0.05, 0.1) is 15.9 Å². The van der Waals surface area contributed by atoms with Gasteiger partial charge >= 0.3 is 11.7 Å². The molecule has 0 aliphatic heterocycles. The molecule has 0 amide bonds. The van der Waals surface area contributed by atoms with Crippen molar-refractivity contribution < 1.29 is 19.6 Å². The highest BCUT2D eigenvalue weighted by Gasteiger charge is 2.33. The van der Waals surface area contributed by atoms with Crippen molar-refractivity contribution in [3.05, 3.63) is 28.3 Å². The number of para-hydroxylation sites is 1. The standard InChI is InChI=1S/C13H17NO5S/c1-8(2)19-9-6-5-7-10(11(9)14(17)18)20-13(3,4)12(15)16/h5-8H,1-4H3,(H,15,16). The summed E-state index contributed by atoms with van der Waals surface area (Å²) in [5, 5.41) is 20.4. The lowest BCUT2D eigenvalue weighted by molar-refractivity contribution is -0.388. The van der Waals surface area contributed by atoms with Crippen molar-refractivity contribution in [2.24, 2.45) is 0 Å². The third-order valence-corrected chi connectivity index (χ3v) is 3.62. The minimum atomic E-state index is -1.17. The lowest BCUT2D eigenvalue weighted by atomic mass is 10.2. The first kappa shape index (κ1) is 16.3. The molecule has 0 unspecified atom stereocenters. The molecule has 110 valence electrons. The molecule has 0 aliphatic carbocycles. The number of ether oxygens (including phenoxy) is 1. The Morgan fingerprint density at radius 1 is 1.45 bits per heavy atom. The number of nitro benzene ring substituents is 1. The van der Waals surface area contributed by atoms with Gasteiger partial charge in [0.1, 0.15) is 4.75 Å². The summed E-state index contributed by atoms with van der Waals surface area (Å²) in [6, 6.07) is 4.65. The molecule has 0 atom stereocenters. The largest absolute Gasteiger partial charge is 0.484 e. The molecule has 1 N–H and O–H groups in total. The number of nitrogens with zero attached hydrogens (tertiary/aromatic N) is 1. The van der Waals surface area contributed by atoms with Crippen LogP contribution in [0.25, 0.3) is 0 Å². The predicted molar refractivity (Wildman–Crippen MR) is 76.4 cm³/mol. The molecule has 1 aromatic carbocycles. The first-order valence-electron chi connectivity index (χ1n) is 6.01. The van der Waals surface area contributed by atoms with E-state index in [0.29, 0.717) is 0 Å². The number of thioether (sulfide) groups is 1. The maximum absolute atomic E-state index is 11.2. The second kappa shape index (κ2) is 6.13. The Hall–Kier alpha value is -1.76. The topological polar surface area (TPSA) is 89.7 Å². The minimum Gasteiger partial charge on any atom is -0.484 e. The molecule has 0 aromatic heterocycles. The van der Waals surface area contributed by atoms with E-state index in [1.54, 1.807) is 19.9 Å². The molecule has 0 aliphatic rings. The van der Waals surface area contributed by atoms with Crippen LogP contribution in [0.1, 0.15) is 27.7 Å². The van der Waals surface area contributed by atoms with Gasteiger partial charge in [-0.25, -0.2) is 0 Å². The number of carboxylic acid groups (broad SMARTS) is 1. The van der Waals surface area contributed by atoms with Gasteiger partial charge in [0, 0.05) is 0 Å². The first-order chi connectivity index (χ1) is 9.15.